The summed E-state index contributed by atoms with van der Waals surface area (Å²) in [7, 11) is 0. The number of hydrogen-bond donors (Lipinski definition) is 1. The molecule has 2 aromatic rings. The number of benzene rings is 1. The minimum Gasteiger partial charge on any atom is -0.335 e. The fourth-order valence-electron chi connectivity index (χ4n) is 2.25. The van der Waals surface area contributed by atoms with Crippen LogP contribution in [-0.4, -0.2) is 15.6 Å². The molecular formula is C15H20BrN3. The standard InChI is InChI=1S/C15H20BrN3/c1-2-7-19-8-6-18-15(19)11-14(17)10-12-4-3-5-13(16)9-12/h3-6,8-9,14H,2,7,10-11,17H2,1H3. The average molecular weight is 322 g/mol. The lowest BCUT2D eigenvalue weighted by atomic mass is 10.0. The van der Waals surface area contributed by atoms with E-state index in [9.17, 15) is 0 Å². The second kappa shape index (κ2) is 6.87. The molecule has 1 aromatic carbocycles. The third-order valence-electron chi connectivity index (χ3n) is 3.10. The molecule has 0 aliphatic heterocycles. The summed E-state index contributed by atoms with van der Waals surface area (Å²) in [5.74, 6) is 1.09. The number of halogens is 1. The molecule has 0 amide bonds. The Balaban J connectivity index is 1.97. The number of hydrogen-bond acceptors (Lipinski definition) is 2. The number of rotatable bonds is 6. The Morgan fingerprint density at radius 3 is 2.95 bits per heavy atom. The highest BCUT2D eigenvalue weighted by Crippen LogP contribution is 2.14. The molecule has 2 rings (SSSR count). The molecule has 0 radical (unpaired) electrons. The normalized spacial score (nSPS) is 12.6. The van der Waals surface area contributed by atoms with Crippen molar-refractivity contribution in [1.29, 1.82) is 0 Å². The summed E-state index contributed by atoms with van der Waals surface area (Å²) in [4.78, 5) is 4.41. The molecule has 0 bridgehead atoms. The van der Waals surface area contributed by atoms with E-state index < -0.39 is 0 Å². The number of aryl methyl sites for hydroxylation is 1. The van der Waals surface area contributed by atoms with Crippen LogP contribution in [0.4, 0.5) is 0 Å². The SMILES string of the molecule is CCCn1ccnc1CC(N)Cc1cccc(Br)c1. The Hall–Kier alpha value is -1.13. The summed E-state index contributed by atoms with van der Waals surface area (Å²) in [6.07, 6.45) is 6.70. The Bertz CT molecular complexity index is 522. The maximum absolute atomic E-state index is 6.24. The largest absolute Gasteiger partial charge is 0.335 e. The first-order valence-electron chi connectivity index (χ1n) is 6.69. The van der Waals surface area contributed by atoms with Crippen LogP contribution in [0.5, 0.6) is 0 Å². The van der Waals surface area contributed by atoms with E-state index in [2.05, 4.69) is 44.5 Å². The first kappa shape index (κ1) is 14.3. The summed E-state index contributed by atoms with van der Waals surface area (Å²) in [5, 5.41) is 0. The summed E-state index contributed by atoms with van der Waals surface area (Å²) in [5.41, 5.74) is 7.50. The van der Waals surface area contributed by atoms with Crippen molar-refractivity contribution in [2.45, 2.75) is 38.8 Å². The molecule has 19 heavy (non-hydrogen) atoms. The lowest BCUT2D eigenvalue weighted by Gasteiger charge is -2.13. The van der Waals surface area contributed by atoms with Crippen LogP contribution in [0.2, 0.25) is 0 Å². The highest BCUT2D eigenvalue weighted by atomic mass is 79.9. The van der Waals surface area contributed by atoms with E-state index >= 15 is 0 Å². The lowest BCUT2D eigenvalue weighted by molar-refractivity contribution is 0.582. The number of imidazole rings is 1. The quantitative estimate of drug-likeness (QED) is 0.888. The zero-order chi connectivity index (χ0) is 13.7. The van der Waals surface area contributed by atoms with Gasteiger partial charge >= 0.3 is 0 Å². The topological polar surface area (TPSA) is 43.8 Å². The zero-order valence-electron chi connectivity index (χ0n) is 11.2. The first-order chi connectivity index (χ1) is 9.19. The van der Waals surface area contributed by atoms with Crippen molar-refractivity contribution < 1.29 is 0 Å². The molecule has 0 spiro atoms. The maximum Gasteiger partial charge on any atom is 0.110 e. The summed E-state index contributed by atoms with van der Waals surface area (Å²) >= 11 is 3.49. The van der Waals surface area contributed by atoms with E-state index in [-0.39, 0.29) is 6.04 Å². The van der Waals surface area contributed by atoms with Crippen molar-refractivity contribution in [2.75, 3.05) is 0 Å². The molecule has 0 saturated heterocycles. The molecule has 0 saturated carbocycles. The molecule has 1 atom stereocenters. The van der Waals surface area contributed by atoms with Crippen molar-refractivity contribution in [2.24, 2.45) is 5.73 Å². The van der Waals surface area contributed by atoms with Gasteiger partial charge in [0.2, 0.25) is 0 Å². The number of nitrogens with two attached hydrogens (primary N) is 1. The van der Waals surface area contributed by atoms with E-state index in [4.69, 9.17) is 5.73 Å². The van der Waals surface area contributed by atoms with E-state index in [1.807, 2.05) is 24.5 Å². The van der Waals surface area contributed by atoms with E-state index in [1.54, 1.807) is 0 Å². The molecule has 4 heteroatoms. The molecule has 1 aromatic heterocycles. The fourth-order valence-corrected chi connectivity index (χ4v) is 2.69. The first-order valence-corrected chi connectivity index (χ1v) is 7.48. The van der Waals surface area contributed by atoms with Gasteiger partial charge < -0.3 is 10.3 Å². The second-order valence-corrected chi connectivity index (χ2v) is 5.75. The van der Waals surface area contributed by atoms with Gasteiger partial charge in [-0.2, -0.15) is 0 Å². The molecular weight excluding hydrogens is 302 g/mol. The van der Waals surface area contributed by atoms with Crippen LogP contribution < -0.4 is 5.73 Å². The third kappa shape index (κ3) is 4.18. The lowest BCUT2D eigenvalue weighted by Crippen LogP contribution is -2.27. The highest BCUT2D eigenvalue weighted by Gasteiger charge is 2.10. The van der Waals surface area contributed by atoms with E-state index in [0.717, 1.165) is 36.1 Å². The molecule has 102 valence electrons. The van der Waals surface area contributed by atoms with Crippen LogP contribution in [0.15, 0.2) is 41.1 Å². The van der Waals surface area contributed by atoms with Crippen LogP contribution in [0, 0.1) is 0 Å². The second-order valence-electron chi connectivity index (χ2n) is 4.84. The van der Waals surface area contributed by atoms with Gasteiger partial charge in [-0.3, -0.25) is 0 Å². The summed E-state index contributed by atoms with van der Waals surface area (Å²) in [6, 6.07) is 8.42. The molecule has 2 N–H and O–H groups in total. The van der Waals surface area contributed by atoms with Gasteiger partial charge in [-0.25, -0.2) is 4.98 Å². The monoisotopic (exact) mass is 321 g/mol. The third-order valence-corrected chi connectivity index (χ3v) is 3.59. The number of nitrogens with zero attached hydrogens (tertiary/aromatic N) is 2. The van der Waals surface area contributed by atoms with Gasteiger partial charge in [0.1, 0.15) is 5.82 Å². The fraction of sp³-hybridized carbons (Fsp3) is 0.400. The van der Waals surface area contributed by atoms with Crippen LogP contribution in [0.1, 0.15) is 24.7 Å². The van der Waals surface area contributed by atoms with Gasteiger partial charge in [0.25, 0.3) is 0 Å². The van der Waals surface area contributed by atoms with Crippen LogP contribution in [-0.2, 0) is 19.4 Å². The van der Waals surface area contributed by atoms with Gasteiger partial charge in [-0.15, -0.1) is 0 Å². The smallest absolute Gasteiger partial charge is 0.110 e. The Morgan fingerprint density at radius 1 is 1.37 bits per heavy atom. The Labute approximate surface area is 123 Å². The number of aromatic nitrogens is 2. The Kier molecular flexibility index (Phi) is 5.16. The van der Waals surface area contributed by atoms with Crippen LogP contribution in [0.25, 0.3) is 0 Å². The predicted octanol–water partition coefficient (Wildman–Crippen LogP) is 3.17. The van der Waals surface area contributed by atoms with Crippen LogP contribution >= 0.6 is 15.9 Å². The van der Waals surface area contributed by atoms with Gasteiger partial charge in [-0.1, -0.05) is 35.0 Å². The molecule has 1 heterocycles. The van der Waals surface area contributed by atoms with Crippen molar-refractivity contribution in [3.63, 3.8) is 0 Å². The summed E-state index contributed by atoms with van der Waals surface area (Å²) in [6.45, 7) is 3.18. The highest BCUT2D eigenvalue weighted by molar-refractivity contribution is 9.10. The predicted molar refractivity (Wildman–Crippen MR) is 82.0 cm³/mol. The molecule has 0 aliphatic rings. The Morgan fingerprint density at radius 2 is 2.21 bits per heavy atom. The summed E-state index contributed by atoms with van der Waals surface area (Å²) < 4.78 is 3.30. The van der Waals surface area contributed by atoms with Gasteiger partial charge in [0.05, 0.1) is 0 Å². The van der Waals surface area contributed by atoms with Crippen molar-refractivity contribution in [3.05, 3.63) is 52.5 Å². The van der Waals surface area contributed by atoms with E-state index in [0.29, 0.717) is 0 Å². The molecule has 3 nitrogen and oxygen atoms in total. The average Bonchev–Trinajstić information content (AvgIpc) is 2.77. The van der Waals surface area contributed by atoms with Gasteiger partial charge in [0, 0.05) is 35.9 Å². The van der Waals surface area contributed by atoms with Crippen molar-refractivity contribution in [3.8, 4) is 0 Å². The van der Waals surface area contributed by atoms with Crippen molar-refractivity contribution in [1.82, 2.24) is 9.55 Å². The van der Waals surface area contributed by atoms with Crippen LogP contribution in [0.3, 0.4) is 0 Å². The minimum absolute atomic E-state index is 0.104. The maximum atomic E-state index is 6.24. The van der Waals surface area contributed by atoms with Crippen molar-refractivity contribution >= 4 is 15.9 Å². The minimum atomic E-state index is 0.104. The zero-order valence-corrected chi connectivity index (χ0v) is 12.8. The van der Waals surface area contributed by atoms with Gasteiger partial charge in [-0.05, 0) is 30.5 Å². The van der Waals surface area contributed by atoms with E-state index in [1.165, 1.54) is 5.56 Å². The molecule has 0 fully saturated rings. The molecule has 0 aliphatic carbocycles. The molecule has 1 unspecified atom stereocenters. The van der Waals surface area contributed by atoms with Gasteiger partial charge in [0.15, 0.2) is 0 Å².